The Balaban J connectivity index is 1.57. The Kier molecular flexibility index (Phi) is 5.53. The van der Waals surface area contributed by atoms with Crippen LogP contribution in [0.25, 0.3) is 22.2 Å². The summed E-state index contributed by atoms with van der Waals surface area (Å²) in [5.41, 5.74) is 3.94. The van der Waals surface area contributed by atoms with Crippen molar-refractivity contribution in [2.75, 3.05) is 6.54 Å². The van der Waals surface area contributed by atoms with Crippen LogP contribution in [-0.2, 0) is 6.54 Å². The van der Waals surface area contributed by atoms with E-state index in [1.807, 2.05) is 42.2 Å². The zero-order chi connectivity index (χ0) is 20.2. The molecule has 3 heterocycles. The van der Waals surface area contributed by atoms with Gasteiger partial charge in [-0.1, -0.05) is 11.6 Å². The summed E-state index contributed by atoms with van der Waals surface area (Å²) in [6, 6.07) is 10.9. The van der Waals surface area contributed by atoms with E-state index in [9.17, 15) is 4.79 Å². The van der Waals surface area contributed by atoms with E-state index in [1.165, 1.54) is 0 Å². The highest BCUT2D eigenvalue weighted by Gasteiger charge is 2.14. The SMILES string of the molecule is Cc1cnn(CCCNC(=O)c2cc(-c3cccnc3)nc3ccc(Cl)cc23)c1. The number of hydrogen-bond donors (Lipinski definition) is 1. The maximum absolute atomic E-state index is 12.9. The maximum atomic E-state index is 12.9. The Hall–Kier alpha value is -3.25. The molecular weight excluding hydrogens is 386 g/mol. The molecule has 0 aliphatic heterocycles. The van der Waals surface area contributed by atoms with E-state index < -0.39 is 0 Å². The van der Waals surface area contributed by atoms with Gasteiger partial charge < -0.3 is 5.32 Å². The molecule has 0 aliphatic carbocycles. The molecule has 4 rings (SSSR count). The second kappa shape index (κ2) is 8.41. The topological polar surface area (TPSA) is 72.7 Å². The summed E-state index contributed by atoms with van der Waals surface area (Å²) in [5, 5.41) is 8.55. The summed E-state index contributed by atoms with van der Waals surface area (Å²) in [6.07, 6.45) is 8.04. The lowest BCUT2D eigenvalue weighted by molar-refractivity contribution is 0.0954. The lowest BCUT2D eigenvalue weighted by Crippen LogP contribution is -2.25. The molecule has 0 atom stereocenters. The molecule has 146 valence electrons. The van der Waals surface area contributed by atoms with Crippen LogP contribution in [0.15, 0.2) is 61.2 Å². The third kappa shape index (κ3) is 4.43. The fourth-order valence-electron chi connectivity index (χ4n) is 3.18. The number of nitrogens with one attached hydrogen (secondary N) is 1. The highest BCUT2D eigenvalue weighted by molar-refractivity contribution is 6.31. The second-order valence-electron chi connectivity index (χ2n) is 6.85. The van der Waals surface area contributed by atoms with Gasteiger partial charge in [0, 0.05) is 47.7 Å². The fourth-order valence-corrected chi connectivity index (χ4v) is 3.35. The molecule has 0 saturated carbocycles. The average Bonchev–Trinajstić information content (AvgIpc) is 3.16. The van der Waals surface area contributed by atoms with Crippen molar-refractivity contribution in [1.29, 1.82) is 0 Å². The molecule has 29 heavy (non-hydrogen) atoms. The Morgan fingerprint density at radius 3 is 2.86 bits per heavy atom. The molecule has 4 aromatic rings. The lowest BCUT2D eigenvalue weighted by atomic mass is 10.0. The van der Waals surface area contributed by atoms with Crippen molar-refractivity contribution in [2.24, 2.45) is 0 Å². The molecule has 3 aromatic heterocycles. The minimum atomic E-state index is -0.151. The van der Waals surface area contributed by atoms with E-state index in [1.54, 1.807) is 30.6 Å². The van der Waals surface area contributed by atoms with Crippen LogP contribution >= 0.6 is 11.6 Å². The molecule has 7 heteroatoms. The number of pyridine rings is 2. The average molecular weight is 406 g/mol. The number of amides is 1. The molecule has 0 bridgehead atoms. The predicted octanol–water partition coefficient (Wildman–Crippen LogP) is 4.28. The molecular formula is C22H20ClN5O. The number of carbonyl (C=O) groups is 1. The highest BCUT2D eigenvalue weighted by atomic mass is 35.5. The van der Waals surface area contributed by atoms with Crippen LogP contribution in [0, 0.1) is 6.92 Å². The van der Waals surface area contributed by atoms with Gasteiger partial charge in [0.05, 0.1) is 23.0 Å². The molecule has 1 N–H and O–H groups in total. The largest absolute Gasteiger partial charge is 0.352 e. The van der Waals surface area contributed by atoms with E-state index in [2.05, 4.69) is 20.4 Å². The van der Waals surface area contributed by atoms with Gasteiger partial charge in [-0.15, -0.1) is 0 Å². The summed E-state index contributed by atoms with van der Waals surface area (Å²) >= 11 is 6.17. The zero-order valence-electron chi connectivity index (χ0n) is 16.0. The smallest absolute Gasteiger partial charge is 0.252 e. The van der Waals surface area contributed by atoms with Gasteiger partial charge in [0.15, 0.2) is 0 Å². The van der Waals surface area contributed by atoms with Crippen LogP contribution in [0.2, 0.25) is 5.02 Å². The molecule has 1 aromatic carbocycles. The fraction of sp³-hybridized carbons (Fsp3) is 0.182. The first-order valence-corrected chi connectivity index (χ1v) is 9.76. The zero-order valence-corrected chi connectivity index (χ0v) is 16.7. The van der Waals surface area contributed by atoms with Crippen molar-refractivity contribution in [1.82, 2.24) is 25.1 Å². The van der Waals surface area contributed by atoms with Gasteiger partial charge in [-0.2, -0.15) is 5.10 Å². The Bertz CT molecular complexity index is 1160. The predicted molar refractivity (Wildman–Crippen MR) is 114 cm³/mol. The molecule has 0 spiro atoms. The van der Waals surface area contributed by atoms with Gasteiger partial charge in [0.1, 0.15) is 0 Å². The standard InChI is InChI=1S/C22H20ClN5O/c1-15-12-26-28(14-15)9-3-8-25-22(29)19-11-21(16-4-2-7-24-13-16)27-20-6-5-17(23)10-18(19)20/h2,4-7,10-14H,3,8-9H2,1H3,(H,25,29). The van der Waals surface area contributed by atoms with E-state index in [0.717, 1.165) is 29.5 Å². The molecule has 1 amide bonds. The molecule has 0 fully saturated rings. The van der Waals surface area contributed by atoms with Crippen molar-refractivity contribution in [3.63, 3.8) is 0 Å². The molecule has 0 unspecified atom stereocenters. The first-order chi connectivity index (χ1) is 14.1. The number of aromatic nitrogens is 4. The minimum Gasteiger partial charge on any atom is -0.352 e. The maximum Gasteiger partial charge on any atom is 0.252 e. The molecule has 0 aliphatic rings. The monoisotopic (exact) mass is 405 g/mol. The number of halogens is 1. The lowest BCUT2D eigenvalue weighted by Gasteiger charge is -2.11. The normalized spacial score (nSPS) is 11.0. The third-order valence-corrected chi connectivity index (χ3v) is 4.82. The number of aryl methyl sites for hydroxylation is 2. The summed E-state index contributed by atoms with van der Waals surface area (Å²) in [7, 11) is 0. The van der Waals surface area contributed by atoms with Crippen molar-refractivity contribution in [2.45, 2.75) is 19.9 Å². The van der Waals surface area contributed by atoms with Crippen LogP contribution in [0.4, 0.5) is 0 Å². The second-order valence-corrected chi connectivity index (χ2v) is 7.28. The van der Waals surface area contributed by atoms with Crippen molar-refractivity contribution < 1.29 is 4.79 Å². The van der Waals surface area contributed by atoms with Gasteiger partial charge in [0.2, 0.25) is 0 Å². The number of nitrogens with zero attached hydrogens (tertiary/aromatic N) is 4. The van der Waals surface area contributed by atoms with Crippen LogP contribution in [0.1, 0.15) is 22.3 Å². The van der Waals surface area contributed by atoms with Gasteiger partial charge >= 0.3 is 0 Å². The van der Waals surface area contributed by atoms with Gasteiger partial charge in [0.25, 0.3) is 5.91 Å². The van der Waals surface area contributed by atoms with Crippen LogP contribution in [-0.4, -0.2) is 32.2 Å². The number of carbonyl (C=O) groups excluding carboxylic acids is 1. The summed E-state index contributed by atoms with van der Waals surface area (Å²) in [5.74, 6) is -0.151. The van der Waals surface area contributed by atoms with E-state index in [4.69, 9.17) is 11.6 Å². The van der Waals surface area contributed by atoms with Crippen molar-refractivity contribution in [3.05, 3.63) is 77.3 Å². The first-order valence-electron chi connectivity index (χ1n) is 9.38. The quantitative estimate of drug-likeness (QED) is 0.486. The van der Waals surface area contributed by atoms with Crippen molar-refractivity contribution >= 4 is 28.4 Å². The Morgan fingerprint density at radius 2 is 2.10 bits per heavy atom. The van der Waals surface area contributed by atoms with Crippen molar-refractivity contribution in [3.8, 4) is 11.3 Å². The number of fused-ring (bicyclic) bond motifs is 1. The molecule has 0 radical (unpaired) electrons. The van der Waals surface area contributed by atoms with E-state index in [-0.39, 0.29) is 5.91 Å². The number of rotatable bonds is 6. The summed E-state index contributed by atoms with van der Waals surface area (Å²) < 4.78 is 1.88. The third-order valence-electron chi connectivity index (χ3n) is 4.58. The Morgan fingerprint density at radius 1 is 1.21 bits per heavy atom. The highest BCUT2D eigenvalue weighted by Crippen LogP contribution is 2.26. The van der Waals surface area contributed by atoms with Gasteiger partial charge in [-0.3, -0.25) is 14.5 Å². The molecule has 0 saturated heterocycles. The minimum absolute atomic E-state index is 0.151. The van der Waals surface area contributed by atoms with Crippen LogP contribution in [0.3, 0.4) is 0 Å². The van der Waals surface area contributed by atoms with Gasteiger partial charge in [-0.05, 0) is 55.3 Å². The van der Waals surface area contributed by atoms with Gasteiger partial charge in [-0.25, -0.2) is 4.98 Å². The van der Waals surface area contributed by atoms with E-state index >= 15 is 0 Å². The van der Waals surface area contributed by atoms with Crippen LogP contribution < -0.4 is 5.32 Å². The molecule has 6 nitrogen and oxygen atoms in total. The number of hydrogen-bond acceptors (Lipinski definition) is 4. The Labute approximate surface area is 173 Å². The first kappa shape index (κ1) is 19.1. The summed E-state index contributed by atoms with van der Waals surface area (Å²) in [6.45, 7) is 3.30. The summed E-state index contributed by atoms with van der Waals surface area (Å²) in [4.78, 5) is 21.8. The van der Waals surface area contributed by atoms with Crippen LogP contribution in [0.5, 0.6) is 0 Å². The number of benzene rings is 1. The van der Waals surface area contributed by atoms with E-state index in [0.29, 0.717) is 28.3 Å².